The molecule has 2 fully saturated rings. The SMILES string of the molecule is C=C[C@@H]1C[C@]1(CNC(=O)[C@@H]1C[C@@H](Oc2cc(-c3ccccc3)nc3cc(OC)ccc23)CN1C(=O)CNC(=O)C(Cl)c1ccccc1)C(=O)NS(=O)(=O)c1ccccc1. The van der Waals surface area contributed by atoms with Gasteiger partial charge in [-0.2, -0.15) is 0 Å². The lowest BCUT2D eigenvalue weighted by Gasteiger charge is -2.25. The van der Waals surface area contributed by atoms with Gasteiger partial charge in [-0.25, -0.2) is 18.1 Å². The van der Waals surface area contributed by atoms with E-state index >= 15 is 0 Å². The number of hydrogen-bond donors (Lipinski definition) is 3. The Hall–Kier alpha value is -6.25. The van der Waals surface area contributed by atoms with Crippen LogP contribution in [0.4, 0.5) is 0 Å². The van der Waals surface area contributed by atoms with Gasteiger partial charge < -0.3 is 25.0 Å². The molecule has 5 atom stereocenters. The Labute approximate surface area is 346 Å². The van der Waals surface area contributed by atoms with E-state index in [0.29, 0.717) is 33.7 Å². The minimum Gasteiger partial charge on any atom is -0.497 e. The summed E-state index contributed by atoms with van der Waals surface area (Å²) in [7, 11) is -2.63. The third kappa shape index (κ3) is 8.93. The number of likely N-dealkylation sites (tertiary alicyclic amines) is 1. The Bertz CT molecular complexity index is 2490. The fourth-order valence-electron chi connectivity index (χ4n) is 7.30. The molecule has 0 radical (unpaired) electrons. The fraction of sp³-hybridized carbons (Fsp3) is 0.250. The molecule has 2 aliphatic rings. The van der Waals surface area contributed by atoms with Gasteiger partial charge in [0, 0.05) is 36.0 Å². The molecule has 1 unspecified atom stereocenters. The van der Waals surface area contributed by atoms with E-state index in [9.17, 15) is 27.6 Å². The lowest BCUT2D eigenvalue weighted by molar-refractivity contribution is -0.139. The molecule has 0 spiro atoms. The summed E-state index contributed by atoms with van der Waals surface area (Å²) in [4.78, 5) is 60.8. The molecule has 59 heavy (non-hydrogen) atoms. The molecule has 5 aromatic rings. The van der Waals surface area contributed by atoms with E-state index in [1.54, 1.807) is 73.8 Å². The van der Waals surface area contributed by atoms with Crippen LogP contribution < -0.4 is 24.8 Å². The summed E-state index contributed by atoms with van der Waals surface area (Å²) in [6, 6.07) is 31.9. The van der Waals surface area contributed by atoms with E-state index in [1.165, 1.54) is 17.0 Å². The fourth-order valence-corrected chi connectivity index (χ4v) is 8.61. The number of carbonyl (C=O) groups is 4. The number of nitrogens with one attached hydrogen (secondary N) is 3. The topological polar surface area (TPSA) is 173 Å². The Kier molecular flexibility index (Phi) is 12.0. The van der Waals surface area contributed by atoms with E-state index < -0.39 is 69.1 Å². The van der Waals surface area contributed by atoms with Crippen molar-refractivity contribution in [3.63, 3.8) is 0 Å². The van der Waals surface area contributed by atoms with Gasteiger partial charge in [0.25, 0.3) is 10.0 Å². The van der Waals surface area contributed by atoms with Gasteiger partial charge in [-0.05, 0) is 42.2 Å². The highest BCUT2D eigenvalue weighted by Crippen LogP contribution is 2.53. The summed E-state index contributed by atoms with van der Waals surface area (Å²) in [5.41, 5.74) is 1.36. The number of pyridine rings is 1. The molecular formula is C44H42ClN5O8S. The predicted octanol–water partition coefficient (Wildman–Crippen LogP) is 5.17. The normalized spacial score (nSPS) is 20.2. The summed E-state index contributed by atoms with van der Waals surface area (Å²) in [5, 5.41) is 5.04. The van der Waals surface area contributed by atoms with Gasteiger partial charge in [0.05, 0.1) is 41.7 Å². The van der Waals surface area contributed by atoms with Gasteiger partial charge in [0.15, 0.2) is 0 Å². The van der Waals surface area contributed by atoms with Crippen molar-refractivity contribution in [1.29, 1.82) is 0 Å². The van der Waals surface area contributed by atoms with Crippen molar-refractivity contribution >= 4 is 56.2 Å². The first-order chi connectivity index (χ1) is 28.4. The van der Waals surface area contributed by atoms with Crippen LogP contribution in [0.5, 0.6) is 11.5 Å². The Balaban J connectivity index is 1.12. The summed E-state index contributed by atoms with van der Waals surface area (Å²) < 4.78 is 40.4. The van der Waals surface area contributed by atoms with E-state index in [2.05, 4.69) is 21.9 Å². The third-order valence-corrected chi connectivity index (χ3v) is 12.5. The Morgan fingerprint density at radius 2 is 1.63 bits per heavy atom. The van der Waals surface area contributed by atoms with Crippen LogP contribution in [-0.4, -0.2) is 80.8 Å². The molecule has 1 aliphatic carbocycles. The lowest BCUT2D eigenvalue weighted by Crippen LogP contribution is -2.51. The largest absolute Gasteiger partial charge is 0.497 e. The molecule has 3 N–H and O–H groups in total. The Morgan fingerprint density at radius 1 is 0.949 bits per heavy atom. The van der Waals surface area contributed by atoms with E-state index in [1.807, 2.05) is 42.5 Å². The lowest BCUT2D eigenvalue weighted by atomic mass is 10.0. The van der Waals surface area contributed by atoms with Gasteiger partial charge in [-0.15, -0.1) is 18.2 Å². The van der Waals surface area contributed by atoms with E-state index in [0.717, 1.165) is 5.56 Å². The molecule has 304 valence electrons. The number of alkyl halides is 1. The number of benzene rings is 4. The highest BCUT2D eigenvalue weighted by atomic mass is 35.5. The molecule has 1 aromatic heterocycles. The van der Waals surface area contributed by atoms with Crippen molar-refractivity contribution in [2.24, 2.45) is 11.3 Å². The molecule has 4 aromatic carbocycles. The minimum absolute atomic E-state index is 0.0212. The molecule has 1 aliphatic heterocycles. The molecule has 4 amide bonds. The second-order valence-electron chi connectivity index (χ2n) is 14.5. The van der Waals surface area contributed by atoms with Crippen LogP contribution in [-0.2, 0) is 29.2 Å². The number of sulfonamides is 1. The first kappa shape index (κ1) is 40.9. The molecular weight excluding hydrogens is 794 g/mol. The number of fused-ring (bicyclic) bond motifs is 1. The van der Waals surface area contributed by atoms with Crippen LogP contribution in [0.1, 0.15) is 23.8 Å². The maximum Gasteiger partial charge on any atom is 0.264 e. The first-order valence-corrected chi connectivity index (χ1v) is 20.8. The van der Waals surface area contributed by atoms with Gasteiger partial charge in [0.2, 0.25) is 23.6 Å². The second-order valence-corrected chi connectivity index (χ2v) is 16.6. The second kappa shape index (κ2) is 17.3. The maximum atomic E-state index is 14.1. The first-order valence-electron chi connectivity index (χ1n) is 18.9. The number of hydrogen-bond acceptors (Lipinski definition) is 9. The average Bonchev–Trinajstić information content (AvgIpc) is 3.85. The standard InChI is InChI=1S/C44H42ClN5O8S/c1-3-30-24-44(30,43(54)49-59(55,56)33-17-11-6-12-18-33)27-47-41(52)37-22-32(26-50(37)39(51)25-46-42(53)40(45)29-15-9-5-10-16-29)58-38-23-35(28-13-7-4-8-14-28)48-36-21-31(57-2)19-20-34(36)38/h3-21,23,30,32,37,40H,1,22,24-27H2,2H3,(H,46,53)(H,47,52)(H,49,54)/t30-,32-,37+,40?,44-/m1/s1. The van der Waals surface area contributed by atoms with Gasteiger partial charge >= 0.3 is 0 Å². The maximum absolute atomic E-state index is 14.1. The number of rotatable bonds is 15. The van der Waals surface area contributed by atoms with Crippen molar-refractivity contribution < 1.29 is 37.1 Å². The number of methoxy groups -OCH3 is 1. The van der Waals surface area contributed by atoms with Crippen LogP contribution >= 0.6 is 11.6 Å². The van der Waals surface area contributed by atoms with Crippen LogP contribution in [0, 0.1) is 11.3 Å². The van der Waals surface area contributed by atoms with Crippen molar-refractivity contribution in [2.75, 3.05) is 26.7 Å². The summed E-state index contributed by atoms with van der Waals surface area (Å²) in [6.45, 7) is 3.10. The molecule has 13 nitrogen and oxygen atoms in total. The van der Waals surface area contributed by atoms with Gasteiger partial charge in [-0.3, -0.25) is 19.2 Å². The van der Waals surface area contributed by atoms with Gasteiger partial charge in [-0.1, -0.05) is 84.9 Å². The van der Waals surface area contributed by atoms with Crippen LogP contribution in [0.15, 0.2) is 133 Å². The molecule has 7 rings (SSSR count). The van der Waals surface area contributed by atoms with Crippen LogP contribution in [0.25, 0.3) is 22.2 Å². The number of halogens is 1. The highest BCUT2D eigenvalue weighted by Gasteiger charge is 2.59. The molecule has 1 saturated carbocycles. The highest BCUT2D eigenvalue weighted by molar-refractivity contribution is 7.90. The zero-order chi connectivity index (χ0) is 41.7. The summed E-state index contributed by atoms with van der Waals surface area (Å²) in [5.74, 6) is -1.86. The molecule has 1 saturated heterocycles. The van der Waals surface area contributed by atoms with E-state index in [-0.39, 0.29) is 30.8 Å². The quantitative estimate of drug-likeness (QED) is 0.0951. The predicted molar refractivity (Wildman–Crippen MR) is 222 cm³/mol. The van der Waals surface area contributed by atoms with E-state index in [4.69, 9.17) is 26.1 Å². The van der Waals surface area contributed by atoms with Crippen LogP contribution in [0.2, 0.25) is 0 Å². The average molecular weight is 836 g/mol. The molecule has 0 bridgehead atoms. The van der Waals surface area contributed by atoms with Crippen molar-refractivity contribution in [2.45, 2.75) is 35.3 Å². The van der Waals surface area contributed by atoms with Crippen molar-refractivity contribution in [3.8, 4) is 22.8 Å². The number of allylic oxidation sites excluding steroid dienone is 1. The van der Waals surface area contributed by atoms with Crippen molar-refractivity contribution in [1.82, 2.24) is 25.2 Å². The molecule has 2 heterocycles. The Morgan fingerprint density at radius 3 is 2.29 bits per heavy atom. The van der Waals surface area contributed by atoms with Crippen LogP contribution in [0.3, 0.4) is 0 Å². The van der Waals surface area contributed by atoms with Crippen molar-refractivity contribution in [3.05, 3.63) is 133 Å². The number of nitrogens with zero attached hydrogens (tertiary/aromatic N) is 2. The molecule has 15 heteroatoms. The zero-order valence-corrected chi connectivity index (χ0v) is 33.6. The third-order valence-electron chi connectivity index (χ3n) is 10.7. The summed E-state index contributed by atoms with van der Waals surface area (Å²) >= 11 is 6.42. The number of aromatic nitrogens is 1. The number of amides is 4. The zero-order valence-electron chi connectivity index (χ0n) is 32.0. The van der Waals surface area contributed by atoms with Gasteiger partial charge in [0.1, 0.15) is 29.0 Å². The smallest absolute Gasteiger partial charge is 0.264 e. The summed E-state index contributed by atoms with van der Waals surface area (Å²) in [6.07, 6.45) is 1.17. The monoisotopic (exact) mass is 835 g/mol. The number of carbonyl (C=O) groups excluding carboxylic acids is 4. The minimum atomic E-state index is -4.19. The number of ether oxygens (including phenoxy) is 2.